The molecule has 0 aliphatic carbocycles. The highest BCUT2D eigenvalue weighted by Crippen LogP contribution is 2.24. The normalized spacial score (nSPS) is 27.9. The molecule has 1 N–H and O–H groups in total. The number of rotatable bonds is 5. The number of likely N-dealkylation sites (tertiary alicyclic amines) is 1. The van der Waals surface area contributed by atoms with E-state index in [4.69, 9.17) is 4.99 Å². The van der Waals surface area contributed by atoms with Crippen molar-refractivity contribution in [3.05, 3.63) is 0 Å². The molecule has 0 aromatic carbocycles. The Balaban J connectivity index is 0.00000312. The van der Waals surface area contributed by atoms with Crippen LogP contribution in [-0.2, 0) is 9.84 Å². The van der Waals surface area contributed by atoms with E-state index in [1.54, 1.807) is 0 Å². The van der Waals surface area contributed by atoms with E-state index in [2.05, 4.69) is 37.9 Å². The monoisotopic (exact) mass is 485 g/mol. The minimum Gasteiger partial charge on any atom is -0.354 e. The van der Waals surface area contributed by atoms with E-state index in [0.717, 1.165) is 37.8 Å². The van der Waals surface area contributed by atoms with Crippen molar-refractivity contribution in [2.75, 3.05) is 31.1 Å². The maximum atomic E-state index is 11.7. The van der Waals surface area contributed by atoms with Crippen molar-refractivity contribution in [2.24, 2.45) is 22.7 Å². The Morgan fingerprint density at radius 3 is 2.56 bits per heavy atom. The predicted molar refractivity (Wildman–Crippen MR) is 117 cm³/mol. The molecule has 2 aliphatic heterocycles. The highest BCUT2D eigenvalue weighted by molar-refractivity contribution is 14.0. The van der Waals surface area contributed by atoms with Crippen LogP contribution in [-0.4, -0.2) is 56.5 Å². The maximum Gasteiger partial charge on any atom is 0.194 e. The molecule has 2 heterocycles. The third-order valence-electron chi connectivity index (χ3n) is 5.51. The van der Waals surface area contributed by atoms with Gasteiger partial charge in [0.2, 0.25) is 0 Å². The summed E-state index contributed by atoms with van der Waals surface area (Å²) in [5, 5.41) is 3.57. The van der Waals surface area contributed by atoms with Gasteiger partial charge in [0.05, 0.1) is 11.5 Å². The molecule has 7 heteroatoms. The lowest BCUT2D eigenvalue weighted by molar-refractivity contribution is 0.205. The molecule has 148 valence electrons. The molecule has 0 radical (unpaired) electrons. The van der Waals surface area contributed by atoms with Gasteiger partial charge in [-0.25, -0.2) is 8.42 Å². The van der Waals surface area contributed by atoms with Gasteiger partial charge in [0, 0.05) is 25.7 Å². The molecule has 2 saturated heterocycles. The first-order chi connectivity index (χ1) is 11.3. The summed E-state index contributed by atoms with van der Waals surface area (Å²) in [6, 6.07) is 0.385. The maximum absolute atomic E-state index is 11.7. The average Bonchev–Trinajstić information content (AvgIpc) is 2.90. The van der Waals surface area contributed by atoms with Crippen LogP contribution < -0.4 is 5.32 Å². The van der Waals surface area contributed by atoms with Gasteiger partial charge in [-0.2, -0.15) is 0 Å². The van der Waals surface area contributed by atoms with Gasteiger partial charge in [-0.05, 0) is 50.4 Å². The fraction of sp³-hybridized carbons (Fsp3) is 0.944. The minimum atomic E-state index is -2.82. The van der Waals surface area contributed by atoms with Crippen molar-refractivity contribution in [2.45, 2.75) is 59.4 Å². The fourth-order valence-electron chi connectivity index (χ4n) is 3.54. The highest BCUT2D eigenvalue weighted by atomic mass is 127. The number of nitrogens with one attached hydrogen (secondary N) is 1. The zero-order valence-corrected chi connectivity index (χ0v) is 19.3. The van der Waals surface area contributed by atoms with Crippen LogP contribution in [0.15, 0.2) is 4.99 Å². The van der Waals surface area contributed by atoms with E-state index in [1.807, 2.05) is 0 Å². The molecule has 2 rings (SSSR count). The molecule has 5 nitrogen and oxygen atoms in total. The van der Waals surface area contributed by atoms with Crippen LogP contribution in [0.3, 0.4) is 0 Å². The number of sulfone groups is 1. The molecule has 0 aromatic rings. The van der Waals surface area contributed by atoms with Crippen LogP contribution in [0.1, 0.15) is 53.4 Å². The van der Waals surface area contributed by atoms with Crippen molar-refractivity contribution < 1.29 is 8.42 Å². The van der Waals surface area contributed by atoms with Crippen LogP contribution >= 0.6 is 24.0 Å². The summed E-state index contributed by atoms with van der Waals surface area (Å²) in [6.45, 7) is 11.7. The van der Waals surface area contributed by atoms with E-state index < -0.39 is 9.84 Å². The van der Waals surface area contributed by atoms with Gasteiger partial charge < -0.3 is 10.2 Å². The SMILES string of the molecule is CCC(C)NC(=NCC1CCS(=O)(=O)C1)N1CCCC(C(C)C)C1.I. The third-order valence-corrected chi connectivity index (χ3v) is 7.35. The number of aliphatic imine (C=N–C) groups is 1. The van der Waals surface area contributed by atoms with Crippen LogP contribution in [0, 0.1) is 17.8 Å². The lowest BCUT2D eigenvalue weighted by atomic mass is 9.88. The highest BCUT2D eigenvalue weighted by Gasteiger charge is 2.29. The summed E-state index contributed by atoms with van der Waals surface area (Å²) in [7, 11) is -2.82. The van der Waals surface area contributed by atoms with Crippen molar-refractivity contribution in [1.29, 1.82) is 0 Å². The number of hydrogen-bond acceptors (Lipinski definition) is 3. The van der Waals surface area contributed by atoms with Crippen LogP contribution in [0.2, 0.25) is 0 Å². The van der Waals surface area contributed by atoms with Gasteiger partial charge in [-0.3, -0.25) is 4.99 Å². The number of halogens is 1. The largest absolute Gasteiger partial charge is 0.354 e. The smallest absolute Gasteiger partial charge is 0.194 e. The summed E-state index contributed by atoms with van der Waals surface area (Å²) >= 11 is 0. The predicted octanol–water partition coefficient (Wildman–Crippen LogP) is 3.15. The molecular formula is C18H36IN3O2S. The van der Waals surface area contributed by atoms with E-state index in [-0.39, 0.29) is 29.9 Å². The summed E-state index contributed by atoms with van der Waals surface area (Å²) < 4.78 is 23.3. The standard InChI is InChI=1S/C18H35N3O2S.HI/c1-5-15(4)20-18(19-11-16-8-10-24(22,23)13-16)21-9-6-7-17(12-21)14(2)3;/h14-17H,5-13H2,1-4H3,(H,19,20);1H. The number of hydrogen-bond donors (Lipinski definition) is 1. The third kappa shape index (κ3) is 7.23. The fourth-order valence-corrected chi connectivity index (χ4v) is 5.39. The second-order valence-corrected chi connectivity index (χ2v) is 10.2. The Kier molecular flexibility index (Phi) is 9.50. The zero-order chi connectivity index (χ0) is 17.7. The molecule has 2 fully saturated rings. The zero-order valence-electron chi connectivity index (χ0n) is 16.2. The molecule has 3 unspecified atom stereocenters. The van der Waals surface area contributed by atoms with Crippen LogP contribution in [0.25, 0.3) is 0 Å². The molecule has 25 heavy (non-hydrogen) atoms. The Bertz CT molecular complexity index is 536. The van der Waals surface area contributed by atoms with E-state index in [1.165, 1.54) is 12.8 Å². The Hall–Kier alpha value is -0.0500. The molecule has 0 saturated carbocycles. The number of guanidine groups is 1. The van der Waals surface area contributed by atoms with Crippen molar-refractivity contribution in [3.8, 4) is 0 Å². The molecule has 0 spiro atoms. The van der Waals surface area contributed by atoms with E-state index in [0.29, 0.717) is 30.0 Å². The number of piperidine rings is 1. The van der Waals surface area contributed by atoms with Gasteiger partial charge in [0.25, 0.3) is 0 Å². The van der Waals surface area contributed by atoms with Gasteiger partial charge >= 0.3 is 0 Å². The molecule has 3 atom stereocenters. The van der Waals surface area contributed by atoms with Crippen LogP contribution in [0.5, 0.6) is 0 Å². The van der Waals surface area contributed by atoms with Crippen molar-refractivity contribution in [3.63, 3.8) is 0 Å². The molecule has 0 aromatic heterocycles. The summed E-state index contributed by atoms with van der Waals surface area (Å²) in [5.74, 6) is 3.22. The number of nitrogens with zero attached hydrogens (tertiary/aromatic N) is 2. The second-order valence-electron chi connectivity index (χ2n) is 7.98. The molecule has 0 bridgehead atoms. The van der Waals surface area contributed by atoms with E-state index >= 15 is 0 Å². The average molecular weight is 485 g/mol. The molecule has 2 aliphatic rings. The molecule has 0 amide bonds. The van der Waals surface area contributed by atoms with Crippen molar-refractivity contribution in [1.82, 2.24) is 10.2 Å². The lowest BCUT2D eigenvalue weighted by Crippen LogP contribution is -2.50. The molecular weight excluding hydrogens is 449 g/mol. The first kappa shape index (κ1) is 23.0. The van der Waals surface area contributed by atoms with Crippen molar-refractivity contribution >= 4 is 39.8 Å². The Morgan fingerprint density at radius 1 is 1.28 bits per heavy atom. The summed E-state index contributed by atoms with van der Waals surface area (Å²) in [5.41, 5.74) is 0. The van der Waals surface area contributed by atoms with Gasteiger partial charge in [-0.1, -0.05) is 20.8 Å². The minimum absolute atomic E-state index is 0. The summed E-state index contributed by atoms with van der Waals surface area (Å²) in [4.78, 5) is 7.24. The van der Waals surface area contributed by atoms with Gasteiger partial charge in [0.15, 0.2) is 15.8 Å². The van der Waals surface area contributed by atoms with Gasteiger partial charge in [-0.15, -0.1) is 24.0 Å². The second kappa shape index (κ2) is 10.3. The quantitative estimate of drug-likeness (QED) is 0.369. The van der Waals surface area contributed by atoms with Crippen LogP contribution in [0.4, 0.5) is 0 Å². The van der Waals surface area contributed by atoms with E-state index in [9.17, 15) is 8.42 Å². The summed E-state index contributed by atoms with van der Waals surface area (Å²) in [6.07, 6.45) is 4.32. The first-order valence-corrected chi connectivity index (χ1v) is 11.4. The van der Waals surface area contributed by atoms with Gasteiger partial charge in [0.1, 0.15) is 0 Å². The Morgan fingerprint density at radius 2 is 2.00 bits per heavy atom. The Labute approximate surface area is 171 Å². The lowest BCUT2D eigenvalue weighted by Gasteiger charge is -2.37. The first-order valence-electron chi connectivity index (χ1n) is 9.57. The topological polar surface area (TPSA) is 61.8 Å².